The van der Waals surface area contributed by atoms with E-state index in [9.17, 15) is 4.79 Å². The summed E-state index contributed by atoms with van der Waals surface area (Å²) in [4.78, 5) is 12.0. The van der Waals surface area contributed by atoms with E-state index < -0.39 is 0 Å². The van der Waals surface area contributed by atoms with Gasteiger partial charge in [0.05, 0.1) is 11.9 Å². The second kappa shape index (κ2) is 5.97. The van der Waals surface area contributed by atoms with E-state index in [4.69, 9.17) is 4.74 Å². The lowest BCUT2D eigenvalue weighted by molar-refractivity contribution is -0.144. The number of carbonyl (C=O) groups is 1. The van der Waals surface area contributed by atoms with Gasteiger partial charge in [0, 0.05) is 7.05 Å². The fraction of sp³-hybridized carbons (Fsp3) is 0.235. The van der Waals surface area contributed by atoms with Crippen molar-refractivity contribution in [2.24, 2.45) is 7.05 Å². The molecule has 0 spiro atoms. The van der Waals surface area contributed by atoms with E-state index in [0.29, 0.717) is 6.42 Å². The quantitative estimate of drug-likeness (QED) is 0.694. The second-order valence-electron chi connectivity index (χ2n) is 5.30. The van der Waals surface area contributed by atoms with Gasteiger partial charge in [-0.2, -0.15) is 0 Å². The summed E-state index contributed by atoms with van der Waals surface area (Å²) in [6.07, 6.45) is 0.292. The minimum absolute atomic E-state index is 0.228. The summed E-state index contributed by atoms with van der Waals surface area (Å²) in [5.41, 5.74) is 4.76. The van der Waals surface area contributed by atoms with Crippen molar-refractivity contribution in [1.82, 2.24) is 15.0 Å². The summed E-state index contributed by atoms with van der Waals surface area (Å²) >= 11 is 0. The second-order valence-corrected chi connectivity index (χ2v) is 5.30. The zero-order valence-electron chi connectivity index (χ0n) is 12.6. The number of benzene rings is 2. The lowest BCUT2D eigenvalue weighted by atomic mass is 10.1. The highest BCUT2D eigenvalue weighted by Crippen LogP contribution is 2.14. The molecule has 0 saturated heterocycles. The molecule has 3 rings (SSSR count). The maximum absolute atomic E-state index is 12.0. The molecule has 1 aromatic heterocycles. The molecule has 0 fully saturated rings. The van der Waals surface area contributed by atoms with Gasteiger partial charge in [0.1, 0.15) is 12.1 Å². The van der Waals surface area contributed by atoms with Crippen LogP contribution in [0.1, 0.15) is 16.7 Å². The van der Waals surface area contributed by atoms with E-state index in [1.807, 2.05) is 56.4 Å². The van der Waals surface area contributed by atoms with Gasteiger partial charge >= 0.3 is 5.97 Å². The predicted octanol–water partition coefficient (Wildman–Crippen LogP) is 2.56. The summed E-state index contributed by atoms with van der Waals surface area (Å²) in [6, 6.07) is 13.6. The summed E-state index contributed by atoms with van der Waals surface area (Å²) in [5.74, 6) is -0.228. The van der Waals surface area contributed by atoms with E-state index in [1.165, 1.54) is 0 Å². The molecule has 22 heavy (non-hydrogen) atoms. The van der Waals surface area contributed by atoms with Crippen molar-refractivity contribution in [3.63, 3.8) is 0 Å². The normalized spacial score (nSPS) is 10.8. The molecule has 0 unspecified atom stereocenters. The molecular weight excluding hydrogens is 278 g/mol. The number of aryl methyl sites for hydroxylation is 2. The van der Waals surface area contributed by atoms with E-state index in [2.05, 4.69) is 10.3 Å². The van der Waals surface area contributed by atoms with Gasteiger partial charge in [0.15, 0.2) is 0 Å². The molecule has 0 aliphatic carbocycles. The lowest BCUT2D eigenvalue weighted by Gasteiger charge is -2.07. The monoisotopic (exact) mass is 295 g/mol. The Morgan fingerprint density at radius 3 is 2.86 bits per heavy atom. The van der Waals surface area contributed by atoms with Gasteiger partial charge in [-0.25, -0.2) is 4.68 Å². The molecule has 3 aromatic rings. The fourth-order valence-corrected chi connectivity index (χ4v) is 2.35. The number of hydrogen-bond donors (Lipinski definition) is 0. The Morgan fingerprint density at radius 2 is 2.05 bits per heavy atom. The SMILES string of the molecule is Cc1ccccc1CC(=O)OCc1ccc2c(c1)nnn2C. The Labute approximate surface area is 128 Å². The van der Waals surface area contributed by atoms with Crippen LogP contribution in [-0.4, -0.2) is 21.0 Å². The van der Waals surface area contributed by atoms with Crippen molar-refractivity contribution >= 4 is 17.0 Å². The molecule has 0 atom stereocenters. The largest absolute Gasteiger partial charge is 0.461 e. The summed E-state index contributed by atoms with van der Waals surface area (Å²) < 4.78 is 7.06. The first kappa shape index (κ1) is 14.3. The summed E-state index contributed by atoms with van der Waals surface area (Å²) in [5, 5.41) is 8.01. The van der Waals surface area contributed by atoms with Gasteiger partial charge in [-0.1, -0.05) is 35.5 Å². The van der Waals surface area contributed by atoms with Gasteiger partial charge in [-0.05, 0) is 35.7 Å². The number of rotatable bonds is 4. The van der Waals surface area contributed by atoms with E-state index in [-0.39, 0.29) is 12.6 Å². The first-order chi connectivity index (χ1) is 10.6. The molecule has 0 saturated carbocycles. The van der Waals surface area contributed by atoms with Gasteiger partial charge in [0.2, 0.25) is 0 Å². The van der Waals surface area contributed by atoms with Gasteiger partial charge in [-0.3, -0.25) is 4.79 Å². The molecule has 2 aromatic carbocycles. The third kappa shape index (κ3) is 2.98. The lowest BCUT2D eigenvalue weighted by Crippen LogP contribution is -2.08. The number of esters is 1. The van der Waals surface area contributed by atoms with Crippen LogP contribution in [0.3, 0.4) is 0 Å². The van der Waals surface area contributed by atoms with Crippen LogP contribution in [0.5, 0.6) is 0 Å². The topological polar surface area (TPSA) is 57.0 Å². The van der Waals surface area contributed by atoms with Crippen molar-refractivity contribution in [1.29, 1.82) is 0 Å². The van der Waals surface area contributed by atoms with Crippen LogP contribution in [0.2, 0.25) is 0 Å². The molecule has 0 radical (unpaired) electrons. The maximum Gasteiger partial charge on any atom is 0.310 e. The number of aromatic nitrogens is 3. The highest BCUT2D eigenvalue weighted by atomic mass is 16.5. The number of carbonyl (C=O) groups excluding carboxylic acids is 1. The van der Waals surface area contributed by atoms with Crippen LogP contribution < -0.4 is 0 Å². The zero-order valence-corrected chi connectivity index (χ0v) is 12.6. The molecule has 0 bridgehead atoms. The Hall–Kier alpha value is -2.69. The van der Waals surface area contributed by atoms with Crippen molar-refractivity contribution in [2.75, 3.05) is 0 Å². The highest BCUT2D eigenvalue weighted by molar-refractivity contribution is 5.75. The maximum atomic E-state index is 12.0. The van der Waals surface area contributed by atoms with Crippen molar-refractivity contribution in [3.05, 3.63) is 59.2 Å². The Kier molecular flexibility index (Phi) is 3.87. The van der Waals surface area contributed by atoms with Crippen LogP contribution in [0.4, 0.5) is 0 Å². The standard InChI is InChI=1S/C17H17N3O2/c1-12-5-3-4-6-14(12)10-17(21)22-11-13-7-8-16-15(9-13)18-19-20(16)2/h3-9H,10-11H2,1-2H3. The fourth-order valence-electron chi connectivity index (χ4n) is 2.35. The zero-order chi connectivity index (χ0) is 15.5. The Morgan fingerprint density at radius 1 is 1.23 bits per heavy atom. The molecule has 5 nitrogen and oxygen atoms in total. The van der Waals surface area contributed by atoms with Crippen LogP contribution in [0, 0.1) is 6.92 Å². The van der Waals surface area contributed by atoms with Crippen molar-refractivity contribution in [2.45, 2.75) is 20.0 Å². The van der Waals surface area contributed by atoms with Crippen LogP contribution in [0.25, 0.3) is 11.0 Å². The van der Waals surface area contributed by atoms with Crippen molar-refractivity contribution < 1.29 is 9.53 Å². The van der Waals surface area contributed by atoms with E-state index in [1.54, 1.807) is 4.68 Å². The van der Waals surface area contributed by atoms with Crippen LogP contribution in [0.15, 0.2) is 42.5 Å². The summed E-state index contributed by atoms with van der Waals surface area (Å²) in [7, 11) is 1.84. The molecule has 0 aliphatic rings. The molecule has 0 amide bonds. The minimum atomic E-state index is -0.228. The number of hydrogen-bond acceptors (Lipinski definition) is 4. The smallest absolute Gasteiger partial charge is 0.310 e. The molecular formula is C17H17N3O2. The first-order valence-corrected chi connectivity index (χ1v) is 7.12. The Balaban J connectivity index is 1.63. The molecule has 0 N–H and O–H groups in total. The summed E-state index contributed by atoms with van der Waals surface area (Å²) in [6.45, 7) is 2.24. The molecule has 0 aliphatic heterocycles. The van der Waals surface area contributed by atoms with Gasteiger partial charge in [-0.15, -0.1) is 5.10 Å². The van der Waals surface area contributed by atoms with E-state index >= 15 is 0 Å². The molecule has 112 valence electrons. The minimum Gasteiger partial charge on any atom is -0.461 e. The molecule has 1 heterocycles. The number of nitrogens with zero attached hydrogens (tertiary/aromatic N) is 3. The van der Waals surface area contributed by atoms with Gasteiger partial charge in [0.25, 0.3) is 0 Å². The van der Waals surface area contributed by atoms with Crippen molar-refractivity contribution in [3.8, 4) is 0 Å². The Bertz CT molecular complexity index is 824. The predicted molar refractivity (Wildman–Crippen MR) is 83.2 cm³/mol. The third-order valence-corrected chi connectivity index (χ3v) is 3.67. The first-order valence-electron chi connectivity index (χ1n) is 7.12. The number of fused-ring (bicyclic) bond motifs is 1. The average molecular weight is 295 g/mol. The van der Waals surface area contributed by atoms with Gasteiger partial charge < -0.3 is 4.74 Å². The molecule has 5 heteroatoms. The number of ether oxygens (including phenoxy) is 1. The van der Waals surface area contributed by atoms with Crippen LogP contribution in [-0.2, 0) is 29.6 Å². The average Bonchev–Trinajstić information content (AvgIpc) is 2.88. The third-order valence-electron chi connectivity index (χ3n) is 3.67. The van der Waals surface area contributed by atoms with Crippen LogP contribution >= 0.6 is 0 Å². The van der Waals surface area contributed by atoms with E-state index in [0.717, 1.165) is 27.7 Å². The highest BCUT2D eigenvalue weighted by Gasteiger charge is 2.08.